The molecular formula is C18H25N7O. The lowest BCUT2D eigenvalue weighted by Gasteiger charge is -2.41. The van der Waals surface area contributed by atoms with Gasteiger partial charge in [-0.05, 0) is 26.0 Å². The fourth-order valence-corrected chi connectivity index (χ4v) is 3.68. The van der Waals surface area contributed by atoms with Crippen molar-refractivity contribution >= 4 is 11.9 Å². The number of piperazine rings is 1. The Bertz CT molecular complexity index is 761. The minimum Gasteiger partial charge on any atom is -0.338 e. The molecule has 2 aliphatic rings. The lowest BCUT2D eigenvalue weighted by atomic mass is 10.1. The van der Waals surface area contributed by atoms with Crippen molar-refractivity contribution in [2.24, 2.45) is 0 Å². The molecular weight excluding hydrogens is 330 g/mol. The maximum Gasteiger partial charge on any atom is 0.236 e. The van der Waals surface area contributed by atoms with Crippen molar-refractivity contribution in [1.82, 2.24) is 29.5 Å². The van der Waals surface area contributed by atoms with E-state index in [4.69, 9.17) is 0 Å². The van der Waals surface area contributed by atoms with Crippen LogP contribution in [-0.2, 0) is 4.79 Å². The molecule has 0 bridgehead atoms. The second kappa shape index (κ2) is 7.03. The molecule has 0 atom stereocenters. The molecule has 2 aromatic rings. The lowest BCUT2D eigenvalue weighted by Crippen LogP contribution is -2.56. The first-order chi connectivity index (χ1) is 12.6. The van der Waals surface area contributed by atoms with Crippen LogP contribution in [0.15, 0.2) is 24.5 Å². The topological polar surface area (TPSA) is 70.4 Å². The van der Waals surface area contributed by atoms with E-state index in [1.807, 2.05) is 17.9 Å². The van der Waals surface area contributed by atoms with Gasteiger partial charge in [-0.3, -0.25) is 14.4 Å². The number of hydrogen-bond donors (Lipinski definition) is 0. The Balaban J connectivity index is 1.23. The first-order valence-electron chi connectivity index (χ1n) is 9.15. The number of carbonyl (C=O) groups excluding carboxylic acids is 1. The van der Waals surface area contributed by atoms with E-state index in [-0.39, 0.29) is 5.91 Å². The molecule has 0 spiro atoms. The van der Waals surface area contributed by atoms with Crippen molar-refractivity contribution in [3.63, 3.8) is 0 Å². The molecule has 4 heterocycles. The average molecular weight is 355 g/mol. The lowest BCUT2D eigenvalue weighted by molar-refractivity contribution is -0.138. The molecule has 4 rings (SSSR count). The van der Waals surface area contributed by atoms with E-state index >= 15 is 0 Å². The van der Waals surface area contributed by atoms with E-state index in [9.17, 15) is 4.79 Å². The van der Waals surface area contributed by atoms with E-state index in [1.54, 1.807) is 12.4 Å². The normalized spacial score (nSPS) is 18.8. The maximum absolute atomic E-state index is 12.5. The largest absolute Gasteiger partial charge is 0.338 e. The van der Waals surface area contributed by atoms with Crippen LogP contribution in [0.25, 0.3) is 0 Å². The number of aryl methyl sites for hydroxylation is 2. The number of hydrogen-bond acceptors (Lipinski definition) is 6. The quantitative estimate of drug-likeness (QED) is 0.795. The summed E-state index contributed by atoms with van der Waals surface area (Å²) in [6.07, 6.45) is 3.53. The Labute approximate surface area is 153 Å². The molecule has 8 heteroatoms. The first-order valence-corrected chi connectivity index (χ1v) is 9.15. The zero-order chi connectivity index (χ0) is 18.1. The third-order valence-electron chi connectivity index (χ3n) is 5.17. The molecule has 2 fully saturated rings. The third kappa shape index (κ3) is 3.41. The smallest absolute Gasteiger partial charge is 0.236 e. The second-order valence-electron chi connectivity index (χ2n) is 7.14. The van der Waals surface area contributed by atoms with E-state index in [0.29, 0.717) is 12.6 Å². The fourth-order valence-electron chi connectivity index (χ4n) is 3.68. The van der Waals surface area contributed by atoms with Crippen molar-refractivity contribution in [2.45, 2.75) is 19.9 Å². The Morgan fingerprint density at radius 2 is 1.81 bits per heavy atom. The highest BCUT2D eigenvalue weighted by atomic mass is 16.2. The number of carbonyl (C=O) groups is 1. The van der Waals surface area contributed by atoms with Gasteiger partial charge in [0.1, 0.15) is 0 Å². The summed E-state index contributed by atoms with van der Waals surface area (Å²) >= 11 is 0. The van der Waals surface area contributed by atoms with Gasteiger partial charge < -0.3 is 9.80 Å². The highest BCUT2D eigenvalue weighted by Gasteiger charge is 2.34. The first kappa shape index (κ1) is 17.0. The van der Waals surface area contributed by atoms with Gasteiger partial charge in [-0.15, -0.1) is 0 Å². The van der Waals surface area contributed by atoms with Crippen molar-refractivity contribution in [3.8, 4) is 0 Å². The number of likely N-dealkylation sites (tertiary alicyclic amines) is 1. The van der Waals surface area contributed by atoms with Gasteiger partial charge in [0.25, 0.3) is 0 Å². The number of aromatic nitrogens is 4. The highest BCUT2D eigenvalue weighted by Crippen LogP contribution is 2.23. The van der Waals surface area contributed by atoms with Crippen LogP contribution in [0.3, 0.4) is 0 Å². The molecule has 8 nitrogen and oxygen atoms in total. The summed E-state index contributed by atoms with van der Waals surface area (Å²) in [6.45, 7) is 9.52. The molecule has 0 radical (unpaired) electrons. The van der Waals surface area contributed by atoms with Crippen molar-refractivity contribution < 1.29 is 4.79 Å². The predicted molar refractivity (Wildman–Crippen MR) is 98.0 cm³/mol. The van der Waals surface area contributed by atoms with Crippen molar-refractivity contribution in [2.75, 3.05) is 50.7 Å². The number of nitrogens with zero attached hydrogens (tertiary/aromatic N) is 7. The van der Waals surface area contributed by atoms with Gasteiger partial charge in [0.05, 0.1) is 18.3 Å². The van der Waals surface area contributed by atoms with E-state index in [1.165, 1.54) is 5.69 Å². The molecule has 0 unspecified atom stereocenters. The maximum atomic E-state index is 12.5. The van der Waals surface area contributed by atoms with Gasteiger partial charge in [0.2, 0.25) is 11.9 Å². The molecule has 1 amide bonds. The molecule has 2 aliphatic heterocycles. The summed E-state index contributed by atoms with van der Waals surface area (Å²) < 4.78 is 2.05. The van der Waals surface area contributed by atoms with Crippen molar-refractivity contribution in [1.29, 1.82) is 0 Å². The Morgan fingerprint density at radius 3 is 2.42 bits per heavy atom. The van der Waals surface area contributed by atoms with Gasteiger partial charge >= 0.3 is 0 Å². The van der Waals surface area contributed by atoms with Gasteiger partial charge in [0, 0.05) is 57.4 Å². The van der Waals surface area contributed by atoms with E-state index < -0.39 is 0 Å². The van der Waals surface area contributed by atoms with Gasteiger partial charge in [-0.2, -0.15) is 5.10 Å². The molecule has 0 saturated carbocycles. The summed E-state index contributed by atoms with van der Waals surface area (Å²) in [7, 11) is 0. The third-order valence-corrected chi connectivity index (χ3v) is 5.17. The molecule has 0 aliphatic carbocycles. The Hall–Kier alpha value is -2.48. The molecule has 2 aromatic heterocycles. The molecule has 138 valence electrons. The van der Waals surface area contributed by atoms with Crippen molar-refractivity contribution in [3.05, 3.63) is 35.9 Å². The second-order valence-corrected chi connectivity index (χ2v) is 7.14. The molecule has 0 N–H and O–H groups in total. The SMILES string of the molecule is Cc1cc(C)n(C2CN(C(=O)CN3CCN(c4ncccn4)CC3)C2)n1. The monoisotopic (exact) mass is 355 g/mol. The Morgan fingerprint density at radius 1 is 1.12 bits per heavy atom. The summed E-state index contributed by atoms with van der Waals surface area (Å²) in [5.74, 6) is 0.987. The van der Waals surface area contributed by atoms with E-state index in [0.717, 1.165) is 50.9 Å². The minimum atomic E-state index is 0.215. The number of anilines is 1. The number of rotatable bonds is 4. The van der Waals surface area contributed by atoms with Gasteiger partial charge in [0.15, 0.2) is 0 Å². The van der Waals surface area contributed by atoms with Crippen LogP contribution in [0, 0.1) is 13.8 Å². The highest BCUT2D eigenvalue weighted by molar-refractivity contribution is 5.79. The fraction of sp³-hybridized carbons (Fsp3) is 0.556. The zero-order valence-corrected chi connectivity index (χ0v) is 15.4. The molecule has 0 aromatic carbocycles. The van der Waals surface area contributed by atoms with Crippen LogP contribution in [0.5, 0.6) is 0 Å². The summed E-state index contributed by atoms with van der Waals surface area (Å²) in [6, 6.07) is 4.23. The van der Waals surface area contributed by atoms with Crippen LogP contribution >= 0.6 is 0 Å². The van der Waals surface area contributed by atoms with Crippen LogP contribution in [0.2, 0.25) is 0 Å². The van der Waals surface area contributed by atoms with Crippen LogP contribution < -0.4 is 4.90 Å². The Kier molecular flexibility index (Phi) is 4.58. The van der Waals surface area contributed by atoms with Gasteiger partial charge in [-0.1, -0.05) is 0 Å². The van der Waals surface area contributed by atoms with Gasteiger partial charge in [-0.25, -0.2) is 9.97 Å². The summed E-state index contributed by atoms with van der Waals surface area (Å²) in [5, 5.41) is 4.53. The number of amides is 1. The minimum absolute atomic E-state index is 0.215. The molecule has 2 saturated heterocycles. The zero-order valence-electron chi connectivity index (χ0n) is 15.4. The summed E-state index contributed by atoms with van der Waals surface area (Å²) in [4.78, 5) is 27.5. The molecule has 26 heavy (non-hydrogen) atoms. The standard InChI is InChI=1S/C18H25N7O/c1-14-10-15(2)25(21-14)16-11-24(12-16)17(26)13-22-6-8-23(9-7-22)18-19-4-3-5-20-18/h3-5,10,16H,6-9,11-13H2,1-2H3. The van der Waals surface area contributed by atoms with Crippen LogP contribution in [0.1, 0.15) is 17.4 Å². The van der Waals surface area contributed by atoms with Crippen LogP contribution in [0.4, 0.5) is 5.95 Å². The van der Waals surface area contributed by atoms with Crippen LogP contribution in [-0.4, -0.2) is 81.3 Å². The predicted octanol–water partition coefficient (Wildman–Crippen LogP) is 0.495. The van der Waals surface area contributed by atoms with E-state index in [2.05, 4.69) is 42.5 Å². The summed E-state index contributed by atoms with van der Waals surface area (Å²) in [5.41, 5.74) is 2.20. The average Bonchev–Trinajstić information content (AvgIpc) is 2.93.